The summed E-state index contributed by atoms with van der Waals surface area (Å²) in [7, 11) is 0. The first-order valence-corrected chi connectivity index (χ1v) is 9.06. The lowest BCUT2D eigenvalue weighted by Crippen LogP contribution is -2.39. The number of carbonyl (C=O) groups is 1. The highest BCUT2D eigenvalue weighted by atomic mass is 16.2. The van der Waals surface area contributed by atoms with E-state index in [0.717, 1.165) is 43.4 Å². The van der Waals surface area contributed by atoms with Gasteiger partial charge in [0.25, 0.3) is 5.91 Å². The highest BCUT2D eigenvalue weighted by Gasteiger charge is 2.25. The molecule has 0 atom stereocenters. The van der Waals surface area contributed by atoms with Crippen LogP contribution in [0.25, 0.3) is 11.0 Å². The van der Waals surface area contributed by atoms with Gasteiger partial charge in [0.05, 0.1) is 17.4 Å². The van der Waals surface area contributed by atoms with Crippen molar-refractivity contribution in [3.8, 4) is 0 Å². The van der Waals surface area contributed by atoms with Crippen molar-refractivity contribution in [3.05, 3.63) is 66.0 Å². The quantitative estimate of drug-likeness (QED) is 0.724. The standard InChI is InChI=1S/C21H23N3O/c1-2-16-7-9-17(10-8-16)21(25)23-13-11-18(12-14-23)24-15-22-19-5-3-4-6-20(19)24/h3-10,15,18H,2,11-14H2,1H3. The largest absolute Gasteiger partial charge is 0.338 e. The predicted molar refractivity (Wildman–Crippen MR) is 99.7 cm³/mol. The fourth-order valence-corrected chi connectivity index (χ4v) is 3.68. The Kier molecular flexibility index (Phi) is 4.26. The molecule has 2 aromatic carbocycles. The van der Waals surface area contributed by atoms with Crippen LogP contribution in [0.4, 0.5) is 0 Å². The van der Waals surface area contributed by atoms with Gasteiger partial charge in [0.2, 0.25) is 0 Å². The molecule has 1 saturated heterocycles. The maximum Gasteiger partial charge on any atom is 0.253 e. The first-order chi connectivity index (χ1) is 12.3. The van der Waals surface area contributed by atoms with Crippen molar-refractivity contribution in [3.63, 3.8) is 0 Å². The Morgan fingerprint density at radius 2 is 1.80 bits per heavy atom. The lowest BCUT2D eigenvalue weighted by Gasteiger charge is -2.33. The minimum absolute atomic E-state index is 0.150. The molecular weight excluding hydrogens is 310 g/mol. The normalized spacial score (nSPS) is 15.6. The van der Waals surface area contributed by atoms with E-state index in [0.29, 0.717) is 6.04 Å². The Balaban J connectivity index is 1.44. The number of aromatic nitrogens is 2. The zero-order chi connectivity index (χ0) is 17.2. The Morgan fingerprint density at radius 3 is 2.52 bits per heavy atom. The number of aryl methyl sites for hydroxylation is 1. The molecule has 1 fully saturated rings. The van der Waals surface area contributed by atoms with Crippen molar-refractivity contribution in [2.75, 3.05) is 13.1 Å². The average molecular weight is 333 g/mol. The van der Waals surface area contributed by atoms with E-state index in [-0.39, 0.29) is 5.91 Å². The molecule has 4 nitrogen and oxygen atoms in total. The molecule has 0 bridgehead atoms. The minimum Gasteiger partial charge on any atom is -0.338 e. The summed E-state index contributed by atoms with van der Waals surface area (Å²) in [4.78, 5) is 19.2. The SMILES string of the molecule is CCc1ccc(C(=O)N2CCC(n3cnc4ccccc43)CC2)cc1. The van der Waals surface area contributed by atoms with E-state index in [1.807, 2.05) is 35.5 Å². The molecule has 1 aliphatic rings. The Hall–Kier alpha value is -2.62. The summed E-state index contributed by atoms with van der Waals surface area (Å²) in [5.41, 5.74) is 4.28. The van der Waals surface area contributed by atoms with E-state index >= 15 is 0 Å². The van der Waals surface area contributed by atoms with Crippen molar-refractivity contribution in [2.24, 2.45) is 0 Å². The lowest BCUT2D eigenvalue weighted by molar-refractivity contribution is 0.0696. The molecule has 0 N–H and O–H groups in total. The van der Waals surface area contributed by atoms with Gasteiger partial charge in [-0.05, 0) is 49.1 Å². The summed E-state index contributed by atoms with van der Waals surface area (Å²) in [6.45, 7) is 3.72. The Morgan fingerprint density at radius 1 is 1.08 bits per heavy atom. The van der Waals surface area contributed by atoms with Gasteiger partial charge in [0.1, 0.15) is 0 Å². The van der Waals surface area contributed by atoms with Crippen molar-refractivity contribution in [2.45, 2.75) is 32.2 Å². The number of imidazole rings is 1. The van der Waals surface area contributed by atoms with Gasteiger partial charge in [0.15, 0.2) is 0 Å². The van der Waals surface area contributed by atoms with Crippen LogP contribution in [0, 0.1) is 0 Å². The van der Waals surface area contributed by atoms with Crippen LogP contribution >= 0.6 is 0 Å². The van der Waals surface area contributed by atoms with Crippen molar-refractivity contribution >= 4 is 16.9 Å². The summed E-state index contributed by atoms with van der Waals surface area (Å²) in [5, 5.41) is 0. The maximum atomic E-state index is 12.7. The summed E-state index contributed by atoms with van der Waals surface area (Å²) in [6.07, 6.45) is 4.88. The summed E-state index contributed by atoms with van der Waals surface area (Å²) in [5.74, 6) is 0.150. The number of likely N-dealkylation sites (tertiary alicyclic amines) is 1. The first-order valence-electron chi connectivity index (χ1n) is 9.06. The molecule has 1 amide bonds. The zero-order valence-electron chi connectivity index (χ0n) is 14.6. The summed E-state index contributed by atoms with van der Waals surface area (Å²) >= 11 is 0. The van der Waals surface area contributed by atoms with Crippen LogP contribution in [-0.2, 0) is 6.42 Å². The molecule has 1 aliphatic heterocycles. The molecule has 4 heteroatoms. The molecular formula is C21H23N3O. The van der Waals surface area contributed by atoms with Crippen LogP contribution in [-0.4, -0.2) is 33.4 Å². The molecule has 0 unspecified atom stereocenters. The van der Waals surface area contributed by atoms with Gasteiger partial charge in [0, 0.05) is 24.7 Å². The molecule has 0 radical (unpaired) electrons. The van der Waals surface area contributed by atoms with Gasteiger partial charge in [-0.1, -0.05) is 31.2 Å². The van der Waals surface area contributed by atoms with E-state index in [2.05, 4.69) is 40.7 Å². The van der Waals surface area contributed by atoms with Crippen LogP contribution in [0.5, 0.6) is 0 Å². The van der Waals surface area contributed by atoms with Crippen LogP contribution in [0.1, 0.15) is 41.7 Å². The van der Waals surface area contributed by atoms with E-state index < -0.39 is 0 Å². The molecule has 3 aromatic rings. The van der Waals surface area contributed by atoms with E-state index in [1.54, 1.807) is 0 Å². The average Bonchev–Trinajstić information content (AvgIpc) is 3.12. The second kappa shape index (κ2) is 6.71. The number of rotatable bonds is 3. The van der Waals surface area contributed by atoms with Crippen molar-refractivity contribution < 1.29 is 4.79 Å². The van der Waals surface area contributed by atoms with Gasteiger partial charge < -0.3 is 9.47 Å². The number of carbonyl (C=O) groups excluding carboxylic acids is 1. The third kappa shape index (κ3) is 3.04. The maximum absolute atomic E-state index is 12.7. The minimum atomic E-state index is 0.150. The van der Waals surface area contributed by atoms with Crippen LogP contribution in [0.2, 0.25) is 0 Å². The van der Waals surface area contributed by atoms with Gasteiger partial charge in [-0.2, -0.15) is 0 Å². The van der Waals surface area contributed by atoms with Crippen LogP contribution < -0.4 is 0 Å². The fraction of sp³-hybridized carbons (Fsp3) is 0.333. The second-order valence-electron chi connectivity index (χ2n) is 6.71. The molecule has 128 valence electrons. The van der Waals surface area contributed by atoms with Crippen LogP contribution in [0.15, 0.2) is 54.9 Å². The smallest absolute Gasteiger partial charge is 0.253 e. The number of fused-ring (bicyclic) bond motifs is 1. The van der Waals surface area contributed by atoms with E-state index in [4.69, 9.17) is 0 Å². The topological polar surface area (TPSA) is 38.1 Å². The third-order valence-electron chi connectivity index (χ3n) is 5.24. The zero-order valence-corrected chi connectivity index (χ0v) is 14.6. The first kappa shape index (κ1) is 15.9. The number of para-hydroxylation sites is 2. The molecule has 0 spiro atoms. The molecule has 0 saturated carbocycles. The summed E-state index contributed by atoms with van der Waals surface area (Å²) in [6, 6.07) is 16.7. The lowest BCUT2D eigenvalue weighted by atomic mass is 10.0. The fourth-order valence-electron chi connectivity index (χ4n) is 3.68. The molecule has 1 aromatic heterocycles. The number of piperidine rings is 1. The highest BCUT2D eigenvalue weighted by molar-refractivity contribution is 5.94. The number of nitrogens with zero attached hydrogens (tertiary/aromatic N) is 3. The predicted octanol–water partition coefficient (Wildman–Crippen LogP) is 4.08. The summed E-state index contributed by atoms with van der Waals surface area (Å²) < 4.78 is 2.27. The van der Waals surface area contributed by atoms with Gasteiger partial charge in [-0.3, -0.25) is 4.79 Å². The molecule has 2 heterocycles. The van der Waals surface area contributed by atoms with Gasteiger partial charge in [-0.25, -0.2) is 4.98 Å². The van der Waals surface area contributed by atoms with E-state index in [1.165, 1.54) is 11.1 Å². The number of benzene rings is 2. The second-order valence-corrected chi connectivity index (χ2v) is 6.71. The number of amides is 1. The Labute approximate surface area is 148 Å². The monoisotopic (exact) mass is 333 g/mol. The van der Waals surface area contributed by atoms with Crippen molar-refractivity contribution in [1.82, 2.24) is 14.5 Å². The van der Waals surface area contributed by atoms with Gasteiger partial charge in [-0.15, -0.1) is 0 Å². The Bertz CT molecular complexity index is 874. The van der Waals surface area contributed by atoms with Crippen molar-refractivity contribution in [1.29, 1.82) is 0 Å². The van der Waals surface area contributed by atoms with Crippen LogP contribution in [0.3, 0.4) is 0 Å². The number of hydrogen-bond acceptors (Lipinski definition) is 2. The number of hydrogen-bond donors (Lipinski definition) is 0. The van der Waals surface area contributed by atoms with E-state index in [9.17, 15) is 4.79 Å². The third-order valence-corrected chi connectivity index (χ3v) is 5.24. The van der Waals surface area contributed by atoms with Gasteiger partial charge >= 0.3 is 0 Å². The molecule has 25 heavy (non-hydrogen) atoms. The molecule has 4 rings (SSSR count). The highest BCUT2D eigenvalue weighted by Crippen LogP contribution is 2.27. The molecule has 0 aliphatic carbocycles.